The van der Waals surface area contributed by atoms with E-state index >= 15 is 0 Å². The number of carbonyl (C=O) groups excluding carboxylic acids is 2. The number of aliphatic imine (C=N–C) groups is 1. The lowest BCUT2D eigenvalue weighted by atomic mass is 10.0. The SMILES string of the molecule is CCCN(OCC)C(=O)C1=Cc2sc(CC3CCN(CCOCCOCCOCCOCCOCCOCCOCCOCCOCCOCCC(=O)Oc4c(F)c(F)c(S(=O)(=O)O)c(F)c4F)C3)cc2N=C(N)C1. The second-order valence-corrected chi connectivity index (χ2v) is 19.2. The number of rotatable bonds is 42. The number of hydrogen-bond donors (Lipinski definition) is 2. The molecule has 1 unspecified atom stereocenters. The number of ether oxygens (including phenoxy) is 11. The van der Waals surface area contributed by atoms with Crippen molar-refractivity contribution in [2.24, 2.45) is 16.6 Å². The first-order chi connectivity index (χ1) is 36.2. The molecular formula is C48H72F4N4O17S2. The summed E-state index contributed by atoms with van der Waals surface area (Å²) in [7, 11) is -5.64. The van der Waals surface area contributed by atoms with Crippen LogP contribution >= 0.6 is 11.3 Å². The van der Waals surface area contributed by atoms with Crippen LogP contribution in [0.1, 0.15) is 49.3 Å². The number of hydrogen-bond acceptors (Lipinski definition) is 20. The summed E-state index contributed by atoms with van der Waals surface area (Å²) >= 11 is 1.68. The molecule has 1 atom stereocenters. The number of fused-ring (bicyclic) bond motifs is 1. The van der Waals surface area contributed by atoms with E-state index in [2.05, 4.69) is 20.7 Å². The van der Waals surface area contributed by atoms with Crippen LogP contribution < -0.4 is 10.5 Å². The van der Waals surface area contributed by atoms with Gasteiger partial charge in [0.1, 0.15) is 5.84 Å². The maximum Gasteiger partial charge on any atom is 0.313 e. The molecule has 1 saturated heterocycles. The normalized spacial score (nSPS) is 15.0. The van der Waals surface area contributed by atoms with Crippen molar-refractivity contribution in [2.45, 2.75) is 50.8 Å². The van der Waals surface area contributed by atoms with Gasteiger partial charge in [0.05, 0.1) is 156 Å². The van der Waals surface area contributed by atoms with Crippen LogP contribution in [0.25, 0.3) is 6.08 Å². The Labute approximate surface area is 439 Å². The number of halogens is 4. The van der Waals surface area contributed by atoms with Crippen molar-refractivity contribution in [1.29, 1.82) is 0 Å². The van der Waals surface area contributed by atoms with Crippen molar-refractivity contribution in [3.8, 4) is 5.75 Å². The first kappa shape index (κ1) is 63.8. The highest BCUT2D eigenvalue weighted by atomic mass is 32.2. The van der Waals surface area contributed by atoms with Crippen LogP contribution in [-0.4, -0.2) is 206 Å². The summed E-state index contributed by atoms with van der Waals surface area (Å²) in [6.45, 7) is 14.7. The molecule has 2 aliphatic heterocycles. The molecule has 21 nitrogen and oxygen atoms in total. The summed E-state index contributed by atoms with van der Waals surface area (Å²) in [5, 5.41) is 1.43. The Hall–Kier alpha value is -3.78. The molecule has 27 heteroatoms. The molecule has 3 heterocycles. The highest BCUT2D eigenvalue weighted by Gasteiger charge is 2.34. The third-order valence-corrected chi connectivity index (χ3v) is 12.8. The number of hydroxylamine groups is 2. The lowest BCUT2D eigenvalue weighted by molar-refractivity contribution is -0.180. The van der Waals surface area contributed by atoms with E-state index in [-0.39, 0.29) is 38.9 Å². The van der Waals surface area contributed by atoms with Crippen molar-refractivity contribution in [1.82, 2.24) is 9.96 Å². The lowest BCUT2D eigenvalue weighted by Crippen LogP contribution is -2.34. The second-order valence-electron chi connectivity index (χ2n) is 16.6. The molecule has 1 aromatic heterocycles. The van der Waals surface area contributed by atoms with Crippen molar-refractivity contribution in [2.75, 3.05) is 165 Å². The minimum atomic E-state index is -5.64. The van der Waals surface area contributed by atoms with Crippen LogP contribution in [0.4, 0.5) is 23.2 Å². The Morgan fingerprint density at radius 2 is 1.20 bits per heavy atom. The maximum absolute atomic E-state index is 14.0. The molecule has 1 fully saturated rings. The van der Waals surface area contributed by atoms with Crippen LogP contribution in [0.2, 0.25) is 0 Å². The number of thiophene rings is 1. The Kier molecular flexibility index (Phi) is 30.9. The van der Waals surface area contributed by atoms with Gasteiger partial charge in [-0.25, -0.2) is 18.8 Å². The highest BCUT2D eigenvalue weighted by Crippen LogP contribution is 2.37. The monoisotopic (exact) mass is 1120 g/mol. The van der Waals surface area contributed by atoms with Gasteiger partial charge < -0.3 is 62.7 Å². The standard InChI is InChI=1S/C48H72F4N4O17S2/c1-3-7-56(72-4-2)48(58)36-31-39-38(54-40(53)32-36)33-37(74-39)30-35-5-8-55(34-35)9-11-63-13-15-65-17-19-67-21-23-69-25-27-71-29-28-70-26-24-68-22-20-66-18-16-64-14-12-62-10-6-41(57)73-46-42(49)44(51)47(75(59,60)61)45(52)43(46)50/h31,33,35H,3-30,32,34H2,1-2H3,(H2,53,54)(H,59,60,61). The van der Waals surface area contributed by atoms with E-state index in [9.17, 15) is 35.6 Å². The van der Waals surface area contributed by atoms with Gasteiger partial charge in [0, 0.05) is 36.5 Å². The molecule has 4 rings (SSSR count). The Morgan fingerprint density at radius 1 is 0.733 bits per heavy atom. The van der Waals surface area contributed by atoms with Gasteiger partial charge in [-0.15, -0.1) is 11.3 Å². The quantitative estimate of drug-likeness (QED) is 0.0176. The fourth-order valence-corrected chi connectivity index (χ4v) is 9.10. The minimum Gasteiger partial charge on any atom is -0.420 e. The van der Waals surface area contributed by atoms with E-state index in [1.165, 1.54) is 9.94 Å². The van der Waals surface area contributed by atoms with Gasteiger partial charge in [0.15, 0.2) is 16.5 Å². The molecule has 75 heavy (non-hydrogen) atoms. The zero-order valence-electron chi connectivity index (χ0n) is 42.7. The summed E-state index contributed by atoms with van der Waals surface area (Å²) in [5.41, 5.74) is 7.65. The van der Waals surface area contributed by atoms with Gasteiger partial charge in [-0.1, -0.05) is 6.92 Å². The Morgan fingerprint density at radius 3 is 1.65 bits per heavy atom. The molecule has 2 aliphatic rings. The van der Waals surface area contributed by atoms with Gasteiger partial charge in [0.2, 0.25) is 17.4 Å². The van der Waals surface area contributed by atoms with Crippen molar-refractivity contribution >= 4 is 50.9 Å². The van der Waals surface area contributed by atoms with Gasteiger partial charge in [0.25, 0.3) is 5.91 Å². The maximum atomic E-state index is 14.0. The molecule has 1 aromatic carbocycles. The average Bonchev–Trinajstić information content (AvgIpc) is 3.94. The summed E-state index contributed by atoms with van der Waals surface area (Å²) in [5.74, 6) is -11.8. The molecule has 0 radical (unpaired) electrons. The van der Waals surface area contributed by atoms with Crippen molar-refractivity contribution in [3.63, 3.8) is 0 Å². The molecule has 0 saturated carbocycles. The fourth-order valence-electron chi connectivity index (χ4n) is 7.29. The van der Waals surface area contributed by atoms with Crippen LogP contribution in [0.3, 0.4) is 0 Å². The molecule has 0 spiro atoms. The second kappa shape index (κ2) is 36.3. The molecular weight excluding hydrogens is 1040 g/mol. The smallest absolute Gasteiger partial charge is 0.313 e. The third-order valence-electron chi connectivity index (χ3n) is 10.8. The largest absolute Gasteiger partial charge is 0.420 e. The van der Waals surface area contributed by atoms with Crippen LogP contribution in [0.15, 0.2) is 21.5 Å². The Bertz CT molecular complexity index is 2160. The molecule has 1 amide bonds. The number of benzene rings is 1. The van der Waals surface area contributed by atoms with Crippen LogP contribution in [0.5, 0.6) is 5.75 Å². The number of esters is 1. The number of nitrogens with zero attached hydrogens (tertiary/aromatic N) is 3. The van der Waals surface area contributed by atoms with E-state index in [0.29, 0.717) is 136 Å². The lowest BCUT2D eigenvalue weighted by Gasteiger charge is -2.21. The van der Waals surface area contributed by atoms with E-state index in [1.54, 1.807) is 11.3 Å². The molecule has 2 aromatic rings. The minimum absolute atomic E-state index is 0.0247. The predicted molar refractivity (Wildman–Crippen MR) is 265 cm³/mol. The third kappa shape index (κ3) is 24.2. The first-order valence-corrected chi connectivity index (χ1v) is 27.1. The summed E-state index contributed by atoms with van der Waals surface area (Å²) in [6, 6.07) is 2.11. The number of carbonyl (C=O) groups is 2. The molecule has 0 bridgehead atoms. The zero-order valence-corrected chi connectivity index (χ0v) is 44.3. The number of amidine groups is 1. The van der Waals surface area contributed by atoms with Crippen molar-refractivity contribution in [3.05, 3.63) is 44.7 Å². The van der Waals surface area contributed by atoms with Crippen molar-refractivity contribution < 1.29 is 97.1 Å². The summed E-state index contributed by atoms with van der Waals surface area (Å²) in [6.07, 6.45) is 4.52. The van der Waals surface area contributed by atoms with Crippen LogP contribution in [0, 0.1) is 29.2 Å². The zero-order chi connectivity index (χ0) is 54.3. The fraction of sp³-hybridized carbons (Fsp3) is 0.688. The van der Waals surface area contributed by atoms with Gasteiger partial charge >= 0.3 is 16.1 Å². The van der Waals surface area contributed by atoms with E-state index < -0.39 is 56.4 Å². The predicted octanol–water partition coefficient (Wildman–Crippen LogP) is 4.54. The van der Waals surface area contributed by atoms with Gasteiger partial charge in [-0.05, 0) is 50.8 Å². The van der Waals surface area contributed by atoms with Gasteiger partial charge in [-0.3, -0.25) is 19.0 Å². The first-order valence-electron chi connectivity index (χ1n) is 24.9. The molecule has 3 N–H and O–H groups in total. The summed E-state index contributed by atoms with van der Waals surface area (Å²) in [4.78, 5) is 37.7. The number of likely N-dealkylation sites (tertiary alicyclic amines) is 1. The van der Waals surface area contributed by atoms with E-state index in [4.69, 9.17) is 62.5 Å². The number of amides is 1. The molecule has 426 valence electrons. The summed E-state index contributed by atoms with van der Waals surface area (Å²) < 4.78 is 145. The molecule has 0 aliphatic carbocycles. The van der Waals surface area contributed by atoms with E-state index in [0.717, 1.165) is 49.5 Å². The van der Waals surface area contributed by atoms with Gasteiger partial charge in [-0.2, -0.15) is 17.2 Å². The van der Waals surface area contributed by atoms with Crippen LogP contribution in [-0.2, 0) is 78.3 Å². The topological polar surface area (TPSA) is 244 Å². The number of nitrogens with two attached hydrogens (primary N) is 1. The highest BCUT2D eigenvalue weighted by molar-refractivity contribution is 7.85. The van der Waals surface area contributed by atoms with E-state index in [1.807, 2.05) is 19.9 Å². The Balaban J connectivity index is 0.839. The average molecular weight is 1120 g/mol.